The van der Waals surface area contributed by atoms with E-state index in [1.165, 1.54) is 41.3 Å². The van der Waals surface area contributed by atoms with Crippen LogP contribution in [0.25, 0.3) is 20.4 Å². The van der Waals surface area contributed by atoms with Crippen LogP contribution in [0.2, 0.25) is 0 Å². The summed E-state index contributed by atoms with van der Waals surface area (Å²) < 4.78 is 46.3. The molecular weight excluding hydrogens is 899 g/mol. The Balaban J connectivity index is 1.31. The summed E-state index contributed by atoms with van der Waals surface area (Å²) in [5.74, 6) is 1.78. The molecule has 0 saturated heterocycles. The first-order valence-corrected chi connectivity index (χ1v) is 24.1. The van der Waals surface area contributed by atoms with Gasteiger partial charge in [0, 0.05) is 44.1 Å². The predicted octanol–water partition coefficient (Wildman–Crippen LogP) is 10.4. The van der Waals surface area contributed by atoms with Gasteiger partial charge in [-0.05, 0) is 70.2 Å². The maximum absolute atomic E-state index is 11.8. The lowest BCUT2D eigenvalue weighted by molar-refractivity contribution is 0.322. The zero-order valence-corrected chi connectivity index (χ0v) is 38.9. The van der Waals surface area contributed by atoms with Crippen molar-refractivity contribution in [3.05, 3.63) is 66.7 Å². The second kappa shape index (κ2) is 20.6. The van der Waals surface area contributed by atoms with E-state index in [0.717, 1.165) is 32.9 Å². The molecule has 0 aliphatic rings. The molecule has 0 saturated carbocycles. The summed E-state index contributed by atoms with van der Waals surface area (Å²) in [5.41, 5.74) is 4.70. The molecule has 0 aliphatic carbocycles. The lowest BCUT2D eigenvalue weighted by atomic mass is 10.2. The van der Waals surface area contributed by atoms with Gasteiger partial charge in [0.1, 0.15) is 22.9 Å². The van der Waals surface area contributed by atoms with Crippen LogP contribution in [0.3, 0.4) is 0 Å². The number of ether oxygens (including phenoxy) is 2. The molecular formula is C41H45N13O6S4. The van der Waals surface area contributed by atoms with E-state index in [2.05, 4.69) is 64.7 Å². The summed E-state index contributed by atoms with van der Waals surface area (Å²) >= 11 is 3.77. The number of nitrogens with zero attached hydrogens (tertiary/aromatic N) is 11. The number of aliphatic hydroxyl groups is 1. The number of azo groups is 2. The highest BCUT2D eigenvalue weighted by Gasteiger charge is 2.20. The highest BCUT2D eigenvalue weighted by atomic mass is 32.2. The number of hydrogen-bond acceptors (Lipinski definition) is 21. The van der Waals surface area contributed by atoms with E-state index in [9.17, 15) is 18.1 Å². The third-order valence-corrected chi connectivity index (χ3v) is 13.1. The van der Waals surface area contributed by atoms with E-state index in [1.807, 2.05) is 50.2 Å². The number of thiazole rings is 2. The lowest BCUT2D eigenvalue weighted by Crippen LogP contribution is -2.22. The molecule has 4 aromatic carbocycles. The highest BCUT2D eigenvalue weighted by molar-refractivity contribution is 7.99. The van der Waals surface area contributed by atoms with Gasteiger partial charge in [0.15, 0.2) is 5.16 Å². The molecule has 0 amide bonds. The van der Waals surface area contributed by atoms with E-state index in [0.29, 0.717) is 86.7 Å². The van der Waals surface area contributed by atoms with Gasteiger partial charge in [0.2, 0.25) is 22.2 Å². The number of anilines is 6. The molecule has 0 spiro atoms. The van der Waals surface area contributed by atoms with Crippen molar-refractivity contribution in [2.45, 2.75) is 37.7 Å². The third kappa shape index (κ3) is 10.6. The van der Waals surface area contributed by atoms with Crippen LogP contribution in [0.1, 0.15) is 27.7 Å². The zero-order chi connectivity index (χ0) is 45.4. The first-order chi connectivity index (χ1) is 31.0. The van der Waals surface area contributed by atoms with Crippen molar-refractivity contribution >= 4 is 121 Å². The van der Waals surface area contributed by atoms with E-state index in [-0.39, 0.29) is 28.5 Å². The Bertz CT molecular complexity index is 2910. The van der Waals surface area contributed by atoms with Crippen molar-refractivity contribution in [2.75, 3.05) is 73.2 Å². The Morgan fingerprint density at radius 3 is 1.67 bits per heavy atom. The maximum Gasteiger partial charge on any atom is 0.294 e. The molecule has 0 bridgehead atoms. The molecule has 3 aromatic heterocycles. The third-order valence-electron chi connectivity index (χ3n) is 9.65. The molecule has 334 valence electrons. The van der Waals surface area contributed by atoms with Crippen molar-refractivity contribution in [3.63, 3.8) is 0 Å². The molecule has 7 rings (SSSR count). The molecule has 3 heterocycles. The molecule has 64 heavy (non-hydrogen) atoms. The Hall–Kier alpha value is -6.11. The van der Waals surface area contributed by atoms with E-state index in [4.69, 9.17) is 24.4 Å². The average Bonchev–Trinajstić information content (AvgIpc) is 3.91. The largest absolute Gasteiger partial charge is 0.494 e. The lowest BCUT2D eigenvalue weighted by Gasteiger charge is -2.25. The number of hydrogen-bond donors (Lipinski definition) is 4. The maximum atomic E-state index is 11.8. The van der Waals surface area contributed by atoms with Crippen LogP contribution in [0.15, 0.2) is 97.2 Å². The summed E-state index contributed by atoms with van der Waals surface area (Å²) in [6, 6.07) is 19.2. The van der Waals surface area contributed by atoms with E-state index >= 15 is 0 Å². The topological polar surface area (TPSA) is 237 Å². The first-order valence-electron chi connectivity index (χ1n) is 20.0. The quantitative estimate of drug-likeness (QED) is 0.0316. The van der Waals surface area contributed by atoms with Crippen LogP contribution in [0.5, 0.6) is 11.5 Å². The molecule has 19 nitrogen and oxygen atoms in total. The molecule has 0 fully saturated rings. The number of benzene rings is 4. The number of fused-ring (bicyclic) bond motifs is 2. The van der Waals surface area contributed by atoms with Gasteiger partial charge in [-0.3, -0.25) is 4.55 Å². The summed E-state index contributed by atoms with van der Waals surface area (Å²) in [7, 11) is -1.23. The molecule has 4 N–H and O–H groups in total. The summed E-state index contributed by atoms with van der Waals surface area (Å²) in [6.45, 7) is 10.9. The van der Waals surface area contributed by atoms with Gasteiger partial charge >= 0.3 is 0 Å². The number of methoxy groups -OCH3 is 2. The molecule has 23 heteroatoms. The van der Waals surface area contributed by atoms with Crippen LogP contribution < -0.4 is 29.9 Å². The van der Waals surface area contributed by atoms with Gasteiger partial charge in [-0.2, -0.15) is 23.4 Å². The first kappa shape index (κ1) is 45.9. The molecule has 0 atom stereocenters. The number of para-hydroxylation sites is 1. The van der Waals surface area contributed by atoms with Gasteiger partial charge in [-0.1, -0.05) is 46.6 Å². The zero-order valence-electron chi connectivity index (χ0n) is 35.7. The van der Waals surface area contributed by atoms with Crippen molar-refractivity contribution in [1.82, 2.24) is 24.9 Å². The number of thioether (sulfide) groups is 1. The number of aromatic nitrogens is 5. The van der Waals surface area contributed by atoms with E-state index < -0.39 is 10.1 Å². The predicted molar refractivity (Wildman–Crippen MR) is 255 cm³/mol. The minimum atomic E-state index is -4.41. The summed E-state index contributed by atoms with van der Waals surface area (Å²) in [4.78, 5) is 27.4. The van der Waals surface area contributed by atoms with Crippen molar-refractivity contribution in [1.29, 1.82) is 0 Å². The minimum absolute atomic E-state index is 0.108. The SMILES string of the molecule is CCN(CC)c1cc(Nc2nc(Nc3cc(N(CC)CC)c(OC)cc3N=Nc3nc4ccc(S(=O)(=O)O)cc4s3)nc(SCCO)n2)c(N=Nc2nc3ccccc3s2)cc1OC. The summed E-state index contributed by atoms with van der Waals surface area (Å²) in [5, 5.41) is 35.7. The van der Waals surface area contributed by atoms with Crippen LogP contribution in [0.4, 0.5) is 56.3 Å². The fourth-order valence-electron chi connectivity index (χ4n) is 6.53. The van der Waals surface area contributed by atoms with Gasteiger partial charge in [-0.15, -0.1) is 20.5 Å². The highest BCUT2D eigenvalue weighted by Crippen LogP contribution is 2.43. The van der Waals surface area contributed by atoms with E-state index in [1.54, 1.807) is 26.4 Å². The van der Waals surface area contributed by atoms with Crippen LogP contribution in [-0.2, 0) is 10.1 Å². The molecule has 7 aromatic rings. The van der Waals surface area contributed by atoms with Crippen molar-refractivity contribution in [3.8, 4) is 11.5 Å². The van der Waals surface area contributed by atoms with Crippen LogP contribution in [0, 0.1) is 0 Å². The van der Waals surface area contributed by atoms with Crippen molar-refractivity contribution < 1.29 is 27.6 Å². The van der Waals surface area contributed by atoms with Gasteiger partial charge in [-0.25, -0.2) is 9.97 Å². The Morgan fingerprint density at radius 1 is 0.672 bits per heavy atom. The summed E-state index contributed by atoms with van der Waals surface area (Å²) in [6.07, 6.45) is 0. The monoisotopic (exact) mass is 943 g/mol. The Morgan fingerprint density at radius 2 is 1.19 bits per heavy atom. The Labute approximate surface area is 381 Å². The number of nitrogens with one attached hydrogen (secondary N) is 2. The standard InChI is InChI=1S/C41H45N13O6S4/c1-7-53(8-2)31-20-27(29(22-33(31)59-5)49-51-40-44-25-13-11-12-14-35(25)62-40)42-37-46-38(48-39(47-37)61-18-17-55)43-28-21-32(54(9-3)10-4)34(60-6)23-30(28)50-52-41-45-26-16-15-24(64(56,57)58)19-36(26)63-41/h11-16,19-23,55H,7-10,17-18H2,1-6H3,(H,56,57,58)(H2,42,43,46,47,48). The van der Waals surface area contributed by atoms with Crippen LogP contribution in [-0.4, -0.2) is 95.8 Å². The fourth-order valence-corrected chi connectivity index (χ4v) is 9.30. The number of aliphatic hydroxyl groups excluding tert-OH is 1. The van der Waals surface area contributed by atoms with Gasteiger partial charge < -0.3 is 35.0 Å². The Kier molecular flexibility index (Phi) is 14.8. The normalized spacial score (nSPS) is 11.9. The minimum Gasteiger partial charge on any atom is -0.494 e. The number of rotatable bonds is 20. The van der Waals surface area contributed by atoms with Crippen molar-refractivity contribution in [2.24, 2.45) is 20.5 Å². The molecule has 0 aliphatic heterocycles. The van der Waals surface area contributed by atoms with Crippen LogP contribution >= 0.6 is 34.4 Å². The smallest absolute Gasteiger partial charge is 0.294 e. The van der Waals surface area contributed by atoms with Gasteiger partial charge in [0.25, 0.3) is 10.1 Å². The molecule has 0 radical (unpaired) electrons. The second-order valence-corrected chi connectivity index (χ2v) is 18.0. The van der Waals surface area contributed by atoms with Gasteiger partial charge in [0.05, 0.1) is 68.9 Å². The fraction of sp³-hybridized carbons (Fsp3) is 0.293. The average molecular weight is 944 g/mol. The second-order valence-electron chi connectivity index (χ2n) is 13.5. The molecule has 0 unspecified atom stereocenters.